The summed E-state index contributed by atoms with van der Waals surface area (Å²) in [5.74, 6) is 0.459. The molecule has 0 aliphatic carbocycles. The third-order valence-corrected chi connectivity index (χ3v) is 3.51. The molecular weight excluding hydrogens is 242 g/mol. The molecule has 0 fully saturated rings. The maximum Gasteiger partial charge on any atom is 0.0437 e. The fraction of sp³-hybridized carbons (Fsp3) is 0.455. The molecule has 2 rings (SSSR count). The maximum atomic E-state index is 8.97. The average Bonchev–Trinajstić information content (AvgIpc) is 2.20. The quantitative estimate of drug-likeness (QED) is 0.848. The molecule has 0 radical (unpaired) electrons. The lowest BCUT2D eigenvalue weighted by molar-refractivity contribution is 0.271. The molecule has 2 N–H and O–H groups in total. The van der Waals surface area contributed by atoms with E-state index < -0.39 is 0 Å². The van der Waals surface area contributed by atoms with Gasteiger partial charge in [-0.1, -0.05) is 28.1 Å². The molecule has 0 saturated carbocycles. The van der Waals surface area contributed by atoms with E-state index in [0.29, 0.717) is 5.92 Å². The summed E-state index contributed by atoms with van der Waals surface area (Å²) < 4.78 is 1.17. The van der Waals surface area contributed by atoms with Crippen molar-refractivity contribution in [2.75, 3.05) is 13.2 Å². The van der Waals surface area contributed by atoms with E-state index in [1.807, 2.05) is 0 Å². The Morgan fingerprint density at radius 1 is 1.50 bits per heavy atom. The highest BCUT2D eigenvalue weighted by molar-refractivity contribution is 9.10. The number of rotatable bonds is 2. The number of hydrogen-bond donors (Lipinski definition) is 2. The number of nitrogens with one attached hydrogen (secondary N) is 1. The Morgan fingerprint density at radius 3 is 3.14 bits per heavy atom. The molecule has 76 valence electrons. The number of aliphatic hydroxyl groups is 1. The first kappa shape index (κ1) is 10.1. The van der Waals surface area contributed by atoms with Gasteiger partial charge >= 0.3 is 0 Å². The van der Waals surface area contributed by atoms with Crippen molar-refractivity contribution in [2.24, 2.45) is 0 Å². The first-order valence-corrected chi connectivity index (χ1v) is 5.71. The number of hydrogen-bond acceptors (Lipinski definition) is 2. The van der Waals surface area contributed by atoms with E-state index in [-0.39, 0.29) is 6.61 Å². The Hall–Kier alpha value is -0.380. The first-order chi connectivity index (χ1) is 6.83. The summed E-state index contributed by atoms with van der Waals surface area (Å²) >= 11 is 3.56. The van der Waals surface area contributed by atoms with E-state index >= 15 is 0 Å². The fourth-order valence-corrected chi connectivity index (χ4v) is 2.56. The highest BCUT2D eigenvalue weighted by atomic mass is 79.9. The molecule has 0 saturated heterocycles. The summed E-state index contributed by atoms with van der Waals surface area (Å²) in [6.07, 6.45) is 0.844. The van der Waals surface area contributed by atoms with E-state index in [1.54, 1.807) is 0 Å². The molecule has 14 heavy (non-hydrogen) atoms. The van der Waals surface area contributed by atoms with Gasteiger partial charge < -0.3 is 10.4 Å². The summed E-state index contributed by atoms with van der Waals surface area (Å²) in [4.78, 5) is 0. The van der Waals surface area contributed by atoms with Crippen LogP contribution < -0.4 is 5.32 Å². The summed E-state index contributed by atoms with van der Waals surface area (Å²) in [6.45, 7) is 2.17. The van der Waals surface area contributed by atoms with Gasteiger partial charge in [-0.25, -0.2) is 0 Å². The van der Waals surface area contributed by atoms with Crippen LogP contribution >= 0.6 is 15.9 Å². The second kappa shape index (κ2) is 4.43. The van der Waals surface area contributed by atoms with Gasteiger partial charge in [0.15, 0.2) is 0 Å². The Morgan fingerprint density at radius 2 is 2.36 bits per heavy atom. The molecule has 1 atom stereocenters. The Labute approximate surface area is 92.5 Å². The van der Waals surface area contributed by atoms with Gasteiger partial charge in [-0.05, 0) is 29.5 Å². The van der Waals surface area contributed by atoms with E-state index in [2.05, 4.69) is 39.4 Å². The molecule has 1 heterocycles. The number of fused-ring (bicyclic) bond motifs is 1. The monoisotopic (exact) mass is 255 g/mol. The Kier molecular flexibility index (Phi) is 3.21. The summed E-state index contributed by atoms with van der Waals surface area (Å²) in [7, 11) is 0. The average molecular weight is 256 g/mol. The Bertz CT molecular complexity index is 327. The van der Waals surface area contributed by atoms with E-state index in [4.69, 9.17) is 5.11 Å². The lowest BCUT2D eigenvalue weighted by atomic mass is 9.89. The van der Waals surface area contributed by atoms with Crippen LogP contribution in [0.5, 0.6) is 0 Å². The molecule has 1 aliphatic rings. The molecule has 2 nitrogen and oxygen atoms in total. The van der Waals surface area contributed by atoms with Crippen molar-refractivity contribution in [3.8, 4) is 0 Å². The normalized spacial score (nSPS) is 20.6. The third kappa shape index (κ3) is 1.85. The lowest BCUT2D eigenvalue weighted by Crippen LogP contribution is -2.29. The molecule has 0 aromatic heterocycles. The van der Waals surface area contributed by atoms with Gasteiger partial charge in [-0.15, -0.1) is 0 Å². The van der Waals surface area contributed by atoms with Crippen LogP contribution in [0.1, 0.15) is 23.5 Å². The second-order valence-electron chi connectivity index (χ2n) is 3.65. The predicted octanol–water partition coefficient (Wildman–Crippen LogP) is 2.02. The van der Waals surface area contributed by atoms with E-state index in [9.17, 15) is 0 Å². The van der Waals surface area contributed by atoms with Crippen LogP contribution in [0.4, 0.5) is 0 Å². The highest BCUT2D eigenvalue weighted by Gasteiger charge is 2.20. The molecule has 0 bridgehead atoms. The van der Waals surface area contributed by atoms with Crippen molar-refractivity contribution in [2.45, 2.75) is 18.9 Å². The largest absolute Gasteiger partial charge is 0.396 e. The van der Waals surface area contributed by atoms with Crippen molar-refractivity contribution in [3.63, 3.8) is 0 Å². The van der Waals surface area contributed by atoms with Gasteiger partial charge in [-0.3, -0.25) is 0 Å². The van der Waals surface area contributed by atoms with Crippen LogP contribution in [0, 0.1) is 0 Å². The first-order valence-electron chi connectivity index (χ1n) is 4.92. The van der Waals surface area contributed by atoms with Crippen molar-refractivity contribution in [1.29, 1.82) is 0 Å². The van der Waals surface area contributed by atoms with Gasteiger partial charge in [0.05, 0.1) is 0 Å². The SMILES string of the molecule is OCC[C@@H]1CNCc2c(Br)cccc21. The maximum absolute atomic E-state index is 8.97. The van der Waals surface area contributed by atoms with Crippen molar-refractivity contribution in [1.82, 2.24) is 5.32 Å². The number of benzene rings is 1. The van der Waals surface area contributed by atoms with Crippen molar-refractivity contribution < 1.29 is 5.11 Å². The number of halogens is 1. The van der Waals surface area contributed by atoms with Gasteiger partial charge in [0.25, 0.3) is 0 Å². The van der Waals surface area contributed by atoms with Crippen LogP contribution in [0.25, 0.3) is 0 Å². The molecular formula is C11H14BrNO. The lowest BCUT2D eigenvalue weighted by Gasteiger charge is -2.26. The zero-order valence-corrected chi connectivity index (χ0v) is 9.55. The summed E-state index contributed by atoms with van der Waals surface area (Å²) in [5.41, 5.74) is 2.73. The molecule has 3 heteroatoms. The van der Waals surface area contributed by atoms with Crippen LogP contribution in [-0.2, 0) is 6.54 Å². The summed E-state index contributed by atoms with van der Waals surface area (Å²) in [6, 6.07) is 6.31. The number of aliphatic hydroxyl groups excluding tert-OH is 1. The Balaban J connectivity index is 2.34. The predicted molar refractivity (Wildman–Crippen MR) is 60.3 cm³/mol. The van der Waals surface area contributed by atoms with E-state index in [0.717, 1.165) is 19.5 Å². The fourth-order valence-electron chi connectivity index (χ4n) is 2.04. The molecule has 0 unspecified atom stereocenters. The van der Waals surface area contributed by atoms with Crippen LogP contribution in [0.2, 0.25) is 0 Å². The molecule has 1 aliphatic heterocycles. The second-order valence-corrected chi connectivity index (χ2v) is 4.50. The minimum absolute atomic E-state index is 0.262. The van der Waals surface area contributed by atoms with Crippen LogP contribution in [0.3, 0.4) is 0 Å². The third-order valence-electron chi connectivity index (χ3n) is 2.76. The van der Waals surface area contributed by atoms with Crippen molar-refractivity contribution in [3.05, 3.63) is 33.8 Å². The van der Waals surface area contributed by atoms with Gasteiger partial charge in [-0.2, -0.15) is 0 Å². The van der Waals surface area contributed by atoms with Crippen molar-refractivity contribution >= 4 is 15.9 Å². The summed E-state index contributed by atoms with van der Waals surface area (Å²) in [5, 5.41) is 12.3. The minimum atomic E-state index is 0.262. The van der Waals surface area contributed by atoms with Gasteiger partial charge in [0.2, 0.25) is 0 Å². The van der Waals surface area contributed by atoms with Crippen LogP contribution in [-0.4, -0.2) is 18.3 Å². The molecule has 1 aromatic carbocycles. The zero-order chi connectivity index (χ0) is 9.97. The molecule has 1 aromatic rings. The zero-order valence-electron chi connectivity index (χ0n) is 7.96. The minimum Gasteiger partial charge on any atom is -0.396 e. The molecule has 0 amide bonds. The van der Waals surface area contributed by atoms with Crippen LogP contribution in [0.15, 0.2) is 22.7 Å². The van der Waals surface area contributed by atoms with E-state index in [1.165, 1.54) is 15.6 Å². The standard InChI is InChI=1S/C11H14BrNO/c12-11-3-1-2-9-8(4-5-14)6-13-7-10(9)11/h1-3,8,13-14H,4-7H2/t8-/m1/s1. The smallest absolute Gasteiger partial charge is 0.0437 e. The highest BCUT2D eigenvalue weighted by Crippen LogP contribution is 2.30. The molecule has 0 spiro atoms. The van der Waals surface area contributed by atoms with Gasteiger partial charge in [0.1, 0.15) is 0 Å². The van der Waals surface area contributed by atoms with Gasteiger partial charge in [0, 0.05) is 24.2 Å². The topological polar surface area (TPSA) is 32.3 Å².